The topological polar surface area (TPSA) is 104 Å². The van der Waals surface area contributed by atoms with Crippen molar-refractivity contribution in [3.8, 4) is 0 Å². The fourth-order valence-corrected chi connectivity index (χ4v) is 4.03. The van der Waals surface area contributed by atoms with Crippen LogP contribution in [0.25, 0.3) is 10.9 Å². The molecule has 31 heavy (non-hydrogen) atoms. The first-order valence-corrected chi connectivity index (χ1v) is 10.9. The van der Waals surface area contributed by atoms with Gasteiger partial charge in [-0.3, -0.25) is 9.59 Å². The zero-order valence-corrected chi connectivity index (χ0v) is 18.7. The van der Waals surface area contributed by atoms with E-state index in [1.54, 1.807) is 23.1 Å². The van der Waals surface area contributed by atoms with Gasteiger partial charge < -0.3 is 19.9 Å². The van der Waals surface area contributed by atoms with Crippen LogP contribution >= 0.6 is 0 Å². The van der Waals surface area contributed by atoms with Crippen molar-refractivity contribution < 1.29 is 14.3 Å². The molecule has 0 spiro atoms. The molecule has 1 aliphatic rings. The Morgan fingerprint density at radius 3 is 2.65 bits per heavy atom. The number of fused-ring (bicyclic) bond motifs is 1. The number of carbonyl (C=O) groups is 2. The number of para-hydroxylation sites is 1. The number of benzene rings is 1. The molecule has 168 valence electrons. The monoisotopic (exact) mass is 428 g/mol. The molecule has 1 fully saturated rings. The Labute approximate surface area is 182 Å². The smallest absolute Gasteiger partial charge is 0.407 e. The molecule has 3 rings (SSSR count). The molecular formula is C23H32N4O4. The minimum atomic E-state index is -0.596. The summed E-state index contributed by atoms with van der Waals surface area (Å²) in [7, 11) is 0. The Kier molecular flexibility index (Phi) is 6.97. The summed E-state index contributed by atoms with van der Waals surface area (Å²) in [5, 5.41) is 3.42. The Morgan fingerprint density at radius 2 is 1.94 bits per heavy atom. The van der Waals surface area contributed by atoms with Crippen LogP contribution in [0, 0.1) is 5.92 Å². The number of nitrogens with one attached hydrogen (secondary N) is 2. The first kappa shape index (κ1) is 22.8. The summed E-state index contributed by atoms with van der Waals surface area (Å²) in [4.78, 5) is 47.0. The first-order valence-electron chi connectivity index (χ1n) is 10.9. The van der Waals surface area contributed by atoms with Gasteiger partial charge in [-0.25, -0.2) is 9.78 Å². The van der Waals surface area contributed by atoms with E-state index in [2.05, 4.69) is 15.3 Å². The summed E-state index contributed by atoms with van der Waals surface area (Å²) in [5.74, 6) is 0.0822. The number of alkyl carbamates (subject to hydrolysis) is 1. The average molecular weight is 429 g/mol. The quantitative estimate of drug-likeness (QED) is 0.760. The second kappa shape index (κ2) is 9.49. The van der Waals surface area contributed by atoms with Gasteiger partial charge in [0.2, 0.25) is 5.91 Å². The minimum absolute atomic E-state index is 0.0425. The lowest BCUT2D eigenvalue weighted by Crippen LogP contribution is -2.50. The highest BCUT2D eigenvalue weighted by Gasteiger charge is 2.35. The van der Waals surface area contributed by atoms with Crippen molar-refractivity contribution in [2.24, 2.45) is 5.92 Å². The van der Waals surface area contributed by atoms with E-state index < -0.39 is 11.7 Å². The number of hydrogen-bond acceptors (Lipinski definition) is 5. The molecule has 1 aromatic heterocycles. The molecule has 1 aliphatic carbocycles. The molecule has 2 aromatic rings. The average Bonchev–Trinajstić information content (AvgIpc) is 2.70. The number of ether oxygens (including phenoxy) is 1. The molecule has 1 saturated carbocycles. The SMILES string of the molecule is CCN(Cc1nc2ccccc2c(=O)[nH]1)C(=O)[C@@H]1CCCC[C@H]1NC(=O)OC(C)(C)C. The predicted octanol–water partition coefficient (Wildman–Crippen LogP) is 3.36. The van der Waals surface area contributed by atoms with Gasteiger partial charge in [0.05, 0.1) is 23.4 Å². The van der Waals surface area contributed by atoms with Crippen molar-refractivity contribution in [2.45, 2.75) is 71.6 Å². The largest absolute Gasteiger partial charge is 0.444 e. The van der Waals surface area contributed by atoms with Crippen LogP contribution in [0.1, 0.15) is 59.2 Å². The van der Waals surface area contributed by atoms with Crippen molar-refractivity contribution in [2.75, 3.05) is 6.54 Å². The Hall–Kier alpha value is -2.90. The number of hydrogen-bond donors (Lipinski definition) is 2. The summed E-state index contributed by atoms with van der Waals surface area (Å²) >= 11 is 0. The first-order chi connectivity index (χ1) is 14.7. The highest BCUT2D eigenvalue weighted by Crippen LogP contribution is 2.27. The maximum absolute atomic E-state index is 13.4. The van der Waals surface area contributed by atoms with Crippen molar-refractivity contribution in [3.63, 3.8) is 0 Å². The zero-order valence-electron chi connectivity index (χ0n) is 18.7. The predicted molar refractivity (Wildman–Crippen MR) is 119 cm³/mol. The number of rotatable bonds is 5. The van der Waals surface area contributed by atoms with Gasteiger partial charge in [-0.1, -0.05) is 25.0 Å². The zero-order chi connectivity index (χ0) is 22.6. The Balaban J connectivity index is 1.75. The number of aromatic nitrogens is 2. The second-order valence-corrected chi connectivity index (χ2v) is 9.03. The molecular weight excluding hydrogens is 396 g/mol. The van der Waals surface area contributed by atoms with Crippen LogP contribution in [0.2, 0.25) is 0 Å². The molecule has 0 radical (unpaired) electrons. The van der Waals surface area contributed by atoms with Gasteiger partial charge in [0, 0.05) is 12.6 Å². The molecule has 8 nitrogen and oxygen atoms in total. The third-order valence-corrected chi connectivity index (χ3v) is 5.48. The van der Waals surface area contributed by atoms with Gasteiger partial charge in [0.25, 0.3) is 5.56 Å². The summed E-state index contributed by atoms with van der Waals surface area (Å²) in [6, 6.07) is 6.86. The lowest BCUT2D eigenvalue weighted by molar-refractivity contribution is -0.138. The van der Waals surface area contributed by atoms with E-state index in [4.69, 9.17) is 4.74 Å². The van der Waals surface area contributed by atoms with Crippen LogP contribution in [0.3, 0.4) is 0 Å². The number of H-pyrrole nitrogens is 1. The fraction of sp³-hybridized carbons (Fsp3) is 0.565. The summed E-state index contributed by atoms with van der Waals surface area (Å²) in [6.45, 7) is 8.02. The molecule has 0 bridgehead atoms. The molecule has 0 aliphatic heterocycles. The third-order valence-electron chi connectivity index (χ3n) is 5.48. The molecule has 0 saturated heterocycles. The van der Waals surface area contributed by atoms with Crippen LogP contribution in [-0.4, -0.2) is 45.1 Å². The molecule has 8 heteroatoms. The molecule has 2 atom stereocenters. The van der Waals surface area contributed by atoms with Gasteiger partial charge in [-0.2, -0.15) is 0 Å². The number of nitrogens with zero attached hydrogens (tertiary/aromatic N) is 2. The maximum atomic E-state index is 13.4. The van der Waals surface area contributed by atoms with Crippen molar-refractivity contribution in [1.29, 1.82) is 0 Å². The Morgan fingerprint density at radius 1 is 1.23 bits per heavy atom. The Bertz CT molecular complexity index is 995. The van der Waals surface area contributed by atoms with Crippen LogP contribution in [0.4, 0.5) is 4.79 Å². The van der Waals surface area contributed by atoms with E-state index >= 15 is 0 Å². The molecule has 2 amide bonds. The molecule has 1 heterocycles. The van der Waals surface area contributed by atoms with Gasteiger partial charge in [0.15, 0.2) is 0 Å². The van der Waals surface area contributed by atoms with E-state index in [-0.39, 0.29) is 30.0 Å². The molecule has 0 unspecified atom stereocenters. The minimum Gasteiger partial charge on any atom is -0.444 e. The van der Waals surface area contributed by atoms with Crippen LogP contribution < -0.4 is 10.9 Å². The van der Waals surface area contributed by atoms with Crippen molar-refractivity contribution in [1.82, 2.24) is 20.2 Å². The number of carbonyl (C=O) groups excluding carboxylic acids is 2. The molecule has 1 aromatic carbocycles. The van der Waals surface area contributed by atoms with Crippen molar-refractivity contribution in [3.05, 3.63) is 40.4 Å². The van der Waals surface area contributed by atoms with E-state index in [9.17, 15) is 14.4 Å². The van der Waals surface area contributed by atoms with Crippen LogP contribution in [0.15, 0.2) is 29.1 Å². The maximum Gasteiger partial charge on any atom is 0.407 e. The van der Waals surface area contributed by atoms with E-state index in [1.165, 1.54) is 0 Å². The summed E-state index contributed by atoms with van der Waals surface area (Å²) in [5.41, 5.74) is -0.209. The van der Waals surface area contributed by atoms with E-state index in [0.29, 0.717) is 29.7 Å². The third kappa shape index (κ3) is 5.83. The standard InChI is InChI=1S/C23H32N4O4/c1-5-27(14-19-24-17-12-8-6-10-15(17)20(28)26-19)21(29)16-11-7-9-13-18(16)25-22(30)31-23(2,3)4/h6,8,10,12,16,18H,5,7,9,11,13-14H2,1-4H3,(H,25,30)(H,24,26,28)/t16-,18-/m1/s1. The van der Waals surface area contributed by atoms with Crippen LogP contribution in [0.5, 0.6) is 0 Å². The molecule has 2 N–H and O–H groups in total. The van der Waals surface area contributed by atoms with Gasteiger partial charge in [-0.05, 0) is 52.7 Å². The van der Waals surface area contributed by atoms with Crippen LogP contribution in [-0.2, 0) is 16.1 Å². The van der Waals surface area contributed by atoms with Gasteiger partial charge in [0.1, 0.15) is 11.4 Å². The van der Waals surface area contributed by atoms with Crippen molar-refractivity contribution >= 4 is 22.9 Å². The lowest BCUT2D eigenvalue weighted by Gasteiger charge is -2.35. The van der Waals surface area contributed by atoms with E-state index in [1.807, 2.05) is 33.8 Å². The lowest BCUT2D eigenvalue weighted by atomic mass is 9.83. The fourth-order valence-electron chi connectivity index (χ4n) is 4.03. The number of aromatic amines is 1. The van der Waals surface area contributed by atoms with E-state index in [0.717, 1.165) is 19.3 Å². The number of amides is 2. The summed E-state index contributed by atoms with van der Waals surface area (Å²) in [6.07, 6.45) is 2.83. The normalized spacial score (nSPS) is 19.1. The van der Waals surface area contributed by atoms with Gasteiger partial charge in [-0.15, -0.1) is 0 Å². The van der Waals surface area contributed by atoms with Gasteiger partial charge >= 0.3 is 6.09 Å². The second-order valence-electron chi connectivity index (χ2n) is 9.03. The highest BCUT2D eigenvalue weighted by atomic mass is 16.6. The highest BCUT2D eigenvalue weighted by molar-refractivity contribution is 5.81. The summed E-state index contributed by atoms with van der Waals surface area (Å²) < 4.78 is 5.38.